The molecule has 1 aromatic heterocycles. The summed E-state index contributed by atoms with van der Waals surface area (Å²) >= 11 is 1.49. The van der Waals surface area contributed by atoms with E-state index in [1.54, 1.807) is 0 Å². The summed E-state index contributed by atoms with van der Waals surface area (Å²) in [5.74, 6) is 1.89. The van der Waals surface area contributed by atoms with Gasteiger partial charge < -0.3 is 15.0 Å². The molecule has 1 amide bonds. The van der Waals surface area contributed by atoms with E-state index in [2.05, 4.69) is 38.8 Å². The van der Waals surface area contributed by atoms with Crippen molar-refractivity contribution < 1.29 is 9.53 Å². The van der Waals surface area contributed by atoms with E-state index in [0.717, 1.165) is 56.8 Å². The van der Waals surface area contributed by atoms with Gasteiger partial charge in [-0.1, -0.05) is 44.9 Å². The van der Waals surface area contributed by atoms with Crippen molar-refractivity contribution in [2.75, 3.05) is 37.0 Å². The Balaban J connectivity index is 1.60. The smallest absolute Gasteiger partial charge is 0.230 e. The van der Waals surface area contributed by atoms with Crippen molar-refractivity contribution in [2.24, 2.45) is 5.92 Å². The van der Waals surface area contributed by atoms with Gasteiger partial charge in [0.2, 0.25) is 11.9 Å². The number of anilines is 1. The van der Waals surface area contributed by atoms with E-state index in [-0.39, 0.29) is 5.91 Å². The number of amides is 1. The summed E-state index contributed by atoms with van der Waals surface area (Å²) in [4.78, 5) is 14.5. The molecule has 1 N–H and O–H groups in total. The molecule has 26 heavy (non-hydrogen) atoms. The van der Waals surface area contributed by atoms with Gasteiger partial charge in [0.1, 0.15) is 0 Å². The Labute approximate surface area is 160 Å². The highest BCUT2D eigenvalue weighted by molar-refractivity contribution is 7.99. The van der Waals surface area contributed by atoms with Gasteiger partial charge in [-0.05, 0) is 18.8 Å². The van der Waals surface area contributed by atoms with Crippen molar-refractivity contribution in [2.45, 2.75) is 63.7 Å². The van der Waals surface area contributed by atoms with Crippen LogP contribution in [0.1, 0.15) is 46.0 Å². The normalized spacial score (nSPS) is 19.1. The van der Waals surface area contributed by atoms with Crippen molar-refractivity contribution in [3.63, 3.8) is 0 Å². The Morgan fingerprint density at radius 3 is 2.65 bits per heavy atom. The van der Waals surface area contributed by atoms with E-state index < -0.39 is 0 Å². The van der Waals surface area contributed by atoms with Crippen molar-refractivity contribution in [3.05, 3.63) is 0 Å². The van der Waals surface area contributed by atoms with Crippen LogP contribution in [0.5, 0.6) is 0 Å². The number of thioether (sulfide) groups is 1. The van der Waals surface area contributed by atoms with Gasteiger partial charge in [0.25, 0.3) is 0 Å². The molecule has 0 aromatic carbocycles. The second-order valence-electron chi connectivity index (χ2n) is 7.58. The van der Waals surface area contributed by atoms with Crippen LogP contribution in [0.15, 0.2) is 5.16 Å². The Hall–Kier alpha value is -1.28. The lowest BCUT2D eigenvalue weighted by atomic mass is 9.95. The van der Waals surface area contributed by atoms with E-state index in [9.17, 15) is 4.79 Å². The van der Waals surface area contributed by atoms with E-state index >= 15 is 0 Å². The van der Waals surface area contributed by atoms with Crippen LogP contribution in [-0.2, 0) is 16.1 Å². The number of carbonyl (C=O) groups excluding carboxylic acids is 1. The van der Waals surface area contributed by atoms with Crippen LogP contribution in [0.25, 0.3) is 0 Å². The Morgan fingerprint density at radius 1 is 1.23 bits per heavy atom. The first-order valence-corrected chi connectivity index (χ1v) is 10.8. The third kappa shape index (κ3) is 5.36. The number of nitrogens with one attached hydrogen (secondary N) is 1. The zero-order valence-corrected chi connectivity index (χ0v) is 16.8. The van der Waals surface area contributed by atoms with Gasteiger partial charge in [-0.3, -0.25) is 9.36 Å². The van der Waals surface area contributed by atoms with E-state index in [1.165, 1.54) is 31.0 Å². The highest BCUT2D eigenvalue weighted by atomic mass is 32.2. The number of rotatable bonds is 7. The lowest BCUT2D eigenvalue weighted by molar-refractivity contribution is -0.119. The molecule has 0 unspecified atom stereocenters. The molecule has 2 aliphatic rings. The molecule has 1 aromatic rings. The zero-order chi connectivity index (χ0) is 18.4. The van der Waals surface area contributed by atoms with Gasteiger partial charge in [-0.15, -0.1) is 10.2 Å². The second-order valence-corrected chi connectivity index (χ2v) is 8.52. The molecule has 1 aliphatic carbocycles. The van der Waals surface area contributed by atoms with Gasteiger partial charge in [0, 0.05) is 25.7 Å². The summed E-state index contributed by atoms with van der Waals surface area (Å²) < 4.78 is 7.60. The van der Waals surface area contributed by atoms with Crippen molar-refractivity contribution in [3.8, 4) is 0 Å². The van der Waals surface area contributed by atoms with Crippen LogP contribution in [0.4, 0.5) is 5.95 Å². The van der Waals surface area contributed by atoms with Gasteiger partial charge in [0.15, 0.2) is 5.16 Å². The SMILES string of the molecule is CC(C)Cn1c(SCC(=O)NC2CCCCC2)nnc1N1CCOCC1. The van der Waals surface area contributed by atoms with Crippen LogP contribution < -0.4 is 10.2 Å². The molecule has 0 atom stereocenters. The average Bonchev–Trinajstić information content (AvgIpc) is 3.03. The van der Waals surface area contributed by atoms with Gasteiger partial charge >= 0.3 is 0 Å². The van der Waals surface area contributed by atoms with Crippen molar-refractivity contribution >= 4 is 23.6 Å². The third-order valence-electron chi connectivity index (χ3n) is 4.84. The third-order valence-corrected chi connectivity index (χ3v) is 5.81. The standard InChI is InChI=1S/C18H31N5O2S/c1-14(2)12-23-17(22-8-10-25-11-9-22)20-21-18(23)26-13-16(24)19-15-6-4-3-5-7-15/h14-15H,3-13H2,1-2H3,(H,19,24). The summed E-state index contributed by atoms with van der Waals surface area (Å²) in [6, 6.07) is 0.356. The molecule has 2 heterocycles. The summed E-state index contributed by atoms with van der Waals surface area (Å²) in [6.45, 7) is 8.35. The molecule has 8 heteroatoms. The summed E-state index contributed by atoms with van der Waals surface area (Å²) in [6.07, 6.45) is 5.97. The monoisotopic (exact) mass is 381 g/mol. The summed E-state index contributed by atoms with van der Waals surface area (Å²) in [5, 5.41) is 12.8. The van der Waals surface area contributed by atoms with E-state index in [4.69, 9.17) is 4.74 Å². The number of aromatic nitrogens is 3. The lowest BCUT2D eigenvalue weighted by Crippen LogP contribution is -2.38. The van der Waals surface area contributed by atoms with Gasteiger partial charge in [0.05, 0.1) is 19.0 Å². The first-order valence-electron chi connectivity index (χ1n) is 9.81. The second kappa shape index (κ2) is 9.60. The number of nitrogens with zero attached hydrogens (tertiary/aromatic N) is 4. The largest absolute Gasteiger partial charge is 0.378 e. The first-order chi connectivity index (χ1) is 12.6. The molecule has 3 rings (SSSR count). The molecule has 7 nitrogen and oxygen atoms in total. The molecule has 1 saturated heterocycles. The molecular weight excluding hydrogens is 350 g/mol. The molecule has 0 spiro atoms. The number of hydrogen-bond acceptors (Lipinski definition) is 6. The minimum Gasteiger partial charge on any atom is -0.378 e. The number of hydrogen-bond donors (Lipinski definition) is 1. The van der Waals surface area contributed by atoms with E-state index in [1.807, 2.05) is 0 Å². The molecule has 1 aliphatic heterocycles. The maximum atomic E-state index is 12.3. The predicted molar refractivity (Wildman–Crippen MR) is 104 cm³/mol. The van der Waals surface area contributed by atoms with Crippen molar-refractivity contribution in [1.82, 2.24) is 20.1 Å². The van der Waals surface area contributed by atoms with Crippen molar-refractivity contribution in [1.29, 1.82) is 0 Å². The van der Waals surface area contributed by atoms with E-state index in [0.29, 0.717) is 17.7 Å². The van der Waals surface area contributed by atoms with Gasteiger partial charge in [-0.2, -0.15) is 0 Å². The van der Waals surface area contributed by atoms with Crippen LogP contribution >= 0.6 is 11.8 Å². The maximum Gasteiger partial charge on any atom is 0.230 e. The molecule has 0 radical (unpaired) electrons. The highest BCUT2D eigenvalue weighted by Gasteiger charge is 2.22. The number of morpholine rings is 1. The minimum absolute atomic E-state index is 0.105. The Bertz CT molecular complexity index is 580. The molecule has 0 bridgehead atoms. The van der Waals surface area contributed by atoms with Crippen LogP contribution in [0.3, 0.4) is 0 Å². The number of carbonyl (C=O) groups is 1. The zero-order valence-electron chi connectivity index (χ0n) is 15.9. The van der Waals surface area contributed by atoms with Gasteiger partial charge in [-0.25, -0.2) is 0 Å². The minimum atomic E-state index is 0.105. The fourth-order valence-corrected chi connectivity index (χ4v) is 4.31. The molecule has 146 valence electrons. The molecular formula is C18H31N5O2S. The van der Waals surface area contributed by atoms with Crippen LogP contribution in [0.2, 0.25) is 0 Å². The Kier molecular flexibility index (Phi) is 7.19. The summed E-state index contributed by atoms with van der Waals surface area (Å²) in [5.41, 5.74) is 0. The Morgan fingerprint density at radius 2 is 1.96 bits per heavy atom. The predicted octanol–water partition coefficient (Wildman–Crippen LogP) is 2.31. The maximum absolute atomic E-state index is 12.3. The average molecular weight is 382 g/mol. The fourth-order valence-electron chi connectivity index (χ4n) is 3.56. The highest BCUT2D eigenvalue weighted by Crippen LogP contribution is 2.24. The lowest BCUT2D eigenvalue weighted by Gasteiger charge is -2.28. The molecule has 1 saturated carbocycles. The number of ether oxygens (including phenoxy) is 1. The topological polar surface area (TPSA) is 72.3 Å². The van der Waals surface area contributed by atoms with Crippen LogP contribution in [0, 0.1) is 5.92 Å². The summed E-state index contributed by atoms with van der Waals surface area (Å²) in [7, 11) is 0. The first kappa shape index (κ1) is 19.5. The molecule has 2 fully saturated rings. The fraction of sp³-hybridized carbons (Fsp3) is 0.833. The quantitative estimate of drug-likeness (QED) is 0.731. The van der Waals surface area contributed by atoms with Crippen LogP contribution in [-0.4, -0.2) is 58.8 Å².